The van der Waals surface area contributed by atoms with E-state index >= 15 is 0 Å². The van der Waals surface area contributed by atoms with Gasteiger partial charge in [0.25, 0.3) is 0 Å². The molecule has 0 spiro atoms. The van der Waals surface area contributed by atoms with Gasteiger partial charge in [-0.15, -0.1) is 6.58 Å². The van der Waals surface area contributed by atoms with E-state index in [1.54, 1.807) is 0 Å². The standard InChI is InChI=1S/C14H22N2O/c1-3-4-7-16-12(9-15)14-6-5-13(17-14)11-8-10(11)2/h3,5-6,10-12,16H,1,4,7-9,15H2,2H3. The molecule has 1 saturated carbocycles. The van der Waals surface area contributed by atoms with Crippen molar-refractivity contribution in [2.24, 2.45) is 11.7 Å². The summed E-state index contributed by atoms with van der Waals surface area (Å²) in [7, 11) is 0. The molecule has 1 aliphatic rings. The van der Waals surface area contributed by atoms with E-state index in [-0.39, 0.29) is 6.04 Å². The average Bonchev–Trinajstić information content (AvgIpc) is 2.88. The Morgan fingerprint density at radius 1 is 1.65 bits per heavy atom. The van der Waals surface area contributed by atoms with Crippen LogP contribution in [0.2, 0.25) is 0 Å². The van der Waals surface area contributed by atoms with Crippen LogP contribution in [0.15, 0.2) is 29.2 Å². The van der Waals surface area contributed by atoms with Gasteiger partial charge < -0.3 is 15.5 Å². The Morgan fingerprint density at radius 3 is 3.00 bits per heavy atom. The van der Waals surface area contributed by atoms with Crippen LogP contribution in [0, 0.1) is 5.92 Å². The lowest BCUT2D eigenvalue weighted by atomic mass is 10.2. The van der Waals surface area contributed by atoms with E-state index < -0.39 is 0 Å². The van der Waals surface area contributed by atoms with Crippen LogP contribution < -0.4 is 11.1 Å². The molecular weight excluding hydrogens is 212 g/mol. The van der Waals surface area contributed by atoms with E-state index in [4.69, 9.17) is 10.2 Å². The van der Waals surface area contributed by atoms with Crippen LogP contribution in [0.4, 0.5) is 0 Å². The highest BCUT2D eigenvalue weighted by molar-refractivity contribution is 5.19. The van der Waals surface area contributed by atoms with Crippen molar-refractivity contribution in [3.05, 3.63) is 36.3 Å². The van der Waals surface area contributed by atoms with Gasteiger partial charge in [0.05, 0.1) is 6.04 Å². The Kier molecular flexibility index (Phi) is 4.02. The molecule has 1 fully saturated rings. The Morgan fingerprint density at radius 2 is 2.41 bits per heavy atom. The minimum absolute atomic E-state index is 0.123. The molecule has 17 heavy (non-hydrogen) atoms. The summed E-state index contributed by atoms with van der Waals surface area (Å²) in [5.74, 6) is 3.50. The van der Waals surface area contributed by atoms with Crippen LogP contribution in [-0.4, -0.2) is 13.1 Å². The lowest BCUT2D eigenvalue weighted by Crippen LogP contribution is -2.28. The summed E-state index contributed by atoms with van der Waals surface area (Å²) in [4.78, 5) is 0. The van der Waals surface area contributed by atoms with E-state index in [0.717, 1.165) is 30.4 Å². The van der Waals surface area contributed by atoms with E-state index in [0.29, 0.717) is 12.5 Å². The molecule has 3 N–H and O–H groups in total. The first-order chi connectivity index (χ1) is 8.26. The summed E-state index contributed by atoms with van der Waals surface area (Å²) in [5, 5.41) is 3.38. The molecule has 3 unspecified atom stereocenters. The van der Waals surface area contributed by atoms with Crippen molar-refractivity contribution < 1.29 is 4.42 Å². The average molecular weight is 234 g/mol. The van der Waals surface area contributed by atoms with Gasteiger partial charge in [-0.25, -0.2) is 0 Å². The highest BCUT2D eigenvalue weighted by Crippen LogP contribution is 2.47. The fraction of sp³-hybridized carbons (Fsp3) is 0.571. The summed E-state index contributed by atoms with van der Waals surface area (Å²) in [6, 6.07) is 4.28. The summed E-state index contributed by atoms with van der Waals surface area (Å²) in [6.07, 6.45) is 4.11. The minimum Gasteiger partial charge on any atom is -0.464 e. The van der Waals surface area contributed by atoms with Crippen LogP contribution in [0.5, 0.6) is 0 Å². The fourth-order valence-corrected chi connectivity index (χ4v) is 2.13. The number of nitrogens with two attached hydrogens (primary N) is 1. The Bertz CT molecular complexity index is 372. The highest BCUT2D eigenvalue weighted by Gasteiger charge is 2.36. The molecule has 0 aromatic carbocycles. The first kappa shape index (κ1) is 12.4. The van der Waals surface area contributed by atoms with Crippen molar-refractivity contribution in [3.63, 3.8) is 0 Å². The molecule has 1 aromatic rings. The number of hydrogen-bond acceptors (Lipinski definition) is 3. The SMILES string of the molecule is C=CCCNC(CN)c1ccc(C2CC2C)o1. The van der Waals surface area contributed by atoms with Gasteiger partial charge in [-0.2, -0.15) is 0 Å². The van der Waals surface area contributed by atoms with Crippen LogP contribution in [0.1, 0.15) is 43.2 Å². The van der Waals surface area contributed by atoms with Gasteiger partial charge in [-0.1, -0.05) is 13.0 Å². The maximum Gasteiger partial charge on any atom is 0.122 e. The Balaban J connectivity index is 1.94. The van der Waals surface area contributed by atoms with Crippen LogP contribution in [0.25, 0.3) is 0 Å². The van der Waals surface area contributed by atoms with Crippen molar-refractivity contribution in [2.75, 3.05) is 13.1 Å². The molecule has 0 amide bonds. The van der Waals surface area contributed by atoms with Crippen LogP contribution in [-0.2, 0) is 0 Å². The normalized spacial score (nSPS) is 24.6. The third kappa shape index (κ3) is 2.99. The van der Waals surface area contributed by atoms with Gasteiger partial charge in [0.1, 0.15) is 11.5 Å². The summed E-state index contributed by atoms with van der Waals surface area (Å²) in [5.41, 5.74) is 5.77. The second kappa shape index (κ2) is 5.52. The van der Waals surface area contributed by atoms with Crippen molar-refractivity contribution in [3.8, 4) is 0 Å². The summed E-state index contributed by atoms with van der Waals surface area (Å²) >= 11 is 0. The largest absolute Gasteiger partial charge is 0.464 e. The number of hydrogen-bond donors (Lipinski definition) is 2. The number of nitrogens with one attached hydrogen (secondary N) is 1. The summed E-state index contributed by atoms with van der Waals surface area (Å²) in [6.45, 7) is 7.41. The fourth-order valence-electron chi connectivity index (χ4n) is 2.13. The number of rotatable bonds is 7. The lowest BCUT2D eigenvalue weighted by Gasteiger charge is -2.13. The second-order valence-corrected chi connectivity index (χ2v) is 4.88. The first-order valence-electron chi connectivity index (χ1n) is 6.40. The first-order valence-corrected chi connectivity index (χ1v) is 6.40. The van der Waals surface area contributed by atoms with Crippen molar-refractivity contribution in [1.82, 2.24) is 5.32 Å². The predicted octanol–water partition coefficient (Wildman–Crippen LogP) is 2.57. The van der Waals surface area contributed by atoms with E-state index in [1.807, 2.05) is 6.08 Å². The van der Waals surface area contributed by atoms with Crippen molar-refractivity contribution >= 4 is 0 Å². The van der Waals surface area contributed by atoms with E-state index in [1.165, 1.54) is 6.42 Å². The molecule has 3 heteroatoms. The lowest BCUT2D eigenvalue weighted by molar-refractivity contribution is 0.396. The van der Waals surface area contributed by atoms with Crippen molar-refractivity contribution in [2.45, 2.75) is 31.7 Å². The Labute approximate surface area is 103 Å². The zero-order valence-electron chi connectivity index (χ0n) is 10.5. The third-order valence-electron chi connectivity index (χ3n) is 3.44. The number of furan rings is 1. The maximum absolute atomic E-state index is 5.89. The predicted molar refractivity (Wildman–Crippen MR) is 69.8 cm³/mol. The van der Waals surface area contributed by atoms with Crippen LogP contribution in [0.3, 0.4) is 0 Å². The van der Waals surface area contributed by atoms with Crippen LogP contribution >= 0.6 is 0 Å². The summed E-state index contributed by atoms with van der Waals surface area (Å²) < 4.78 is 5.89. The zero-order valence-corrected chi connectivity index (χ0v) is 10.5. The van der Waals surface area contributed by atoms with E-state index in [9.17, 15) is 0 Å². The van der Waals surface area contributed by atoms with Gasteiger partial charge in [0.2, 0.25) is 0 Å². The molecule has 1 heterocycles. The molecule has 0 bridgehead atoms. The zero-order chi connectivity index (χ0) is 12.3. The van der Waals surface area contributed by atoms with Gasteiger partial charge in [-0.3, -0.25) is 0 Å². The molecule has 1 aromatic heterocycles. The van der Waals surface area contributed by atoms with Crippen molar-refractivity contribution in [1.29, 1.82) is 0 Å². The second-order valence-electron chi connectivity index (χ2n) is 4.88. The highest BCUT2D eigenvalue weighted by atomic mass is 16.3. The van der Waals surface area contributed by atoms with Gasteiger partial charge in [0, 0.05) is 12.5 Å². The third-order valence-corrected chi connectivity index (χ3v) is 3.44. The molecule has 0 aliphatic heterocycles. The molecular formula is C14H22N2O. The Hall–Kier alpha value is -1.06. The molecule has 1 aliphatic carbocycles. The topological polar surface area (TPSA) is 51.2 Å². The quantitative estimate of drug-likeness (QED) is 0.563. The molecule has 0 saturated heterocycles. The smallest absolute Gasteiger partial charge is 0.122 e. The molecule has 2 rings (SSSR count). The van der Waals surface area contributed by atoms with E-state index in [2.05, 4.69) is 31.0 Å². The monoisotopic (exact) mass is 234 g/mol. The molecule has 3 atom stereocenters. The molecule has 0 radical (unpaired) electrons. The maximum atomic E-state index is 5.89. The van der Waals surface area contributed by atoms with Gasteiger partial charge in [-0.05, 0) is 37.4 Å². The molecule has 3 nitrogen and oxygen atoms in total. The van der Waals surface area contributed by atoms with Gasteiger partial charge >= 0.3 is 0 Å². The minimum atomic E-state index is 0.123. The molecule has 94 valence electrons. The van der Waals surface area contributed by atoms with Gasteiger partial charge in [0.15, 0.2) is 0 Å².